The Labute approximate surface area is 202 Å². The summed E-state index contributed by atoms with van der Waals surface area (Å²) < 4.78 is 39.9. The van der Waals surface area contributed by atoms with Crippen LogP contribution in [-0.4, -0.2) is 50.2 Å². The molecule has 35 heavy (non-hydrogen) atoms. The number of nitrogens with one attached hydrogen (secondary N) is 1. The molecule has 5 atom stereocenters. The fourth-order valence-corrected chi connectivity index (χ4v) is 5.17. The number of aliphatic hydroxyl groups excluding tert-OH is 2. The third-order valence-corrected chi connectivity index (χ3v) is 7.08. The minimum Gasteiger partial charge on any atom is -0.379 e. The molecular weight excluding hydrogens is 461 g/mol. The molecule has 1 saturated heterocycles. The number of nitriles is 1. The Morgan fingerprint density at radius 2 is 1.80 bits per heavy atom. The van der Waals surface area contributed by atoms with Crippen LogP contribution in [0.15, 0.2) is 30.5 Å². The summed E-state index contributed by atoms with van der Waals surface area (Å²) >= 11 is 0. The highest BCUT2D eigenvalue weighted by atomic mass is 19.4. The molecule has 1 aliphatic carbocycles. The van der Waals surface area contributed by atoms with Gasteiger partial charge in [0.1, 0.15) is 6.23 Å². The summed E-state index contributed by atoms with van der Waals surface area (Å²) in [5.41, 5.74) is 6.20. The van der Waals surface area contributed by atoms with Crippen LogP contribution in [-0.2, 0) is 0 Å². The van der Waals surface area contributed by atoms with Crippen molar-refractivity contribution in [3.05, 3.63) is 41.6 Å². The Hall–Kier alpha value is -2.65. The Morgan fingerprint density at radius 3 is 2.40 bits per heavy atom. The molecule has 2 fully saturated rings. The van der Waals surface area contributed by atoms with E-state index in [0.717, 1.165) is 32.4 Å². The summed E-state index contributed by atoms with van der Waals surface area (Å²) in [4.78, 5) is 2.49. The van der Waals surface area contributed by atoms with Crippen molar-refractivity contribution in [3.63, 3.8) is 0 Å². The van der Waals surface area contributed by atoms with Crippen molar-refractivity contribution in [1.82, 2.24) is 14.7 Å². The number of rotatable bonds is 6. The molecule has 1 aromatic carbocycles. The SMILES string of the molecule is N#CC1CC(N2CCCCC2)CCC1n1cc(C(N)O)c(Nc2ccc(C(O)C(F)(F)F)cc2)n1. The average Bonchev–Trinajstić information content (AvgIpc) is 3.27. The largest absolute Gasteiger partial charge is 0.418 e. The van der Waals surface area contributed by atoms with Crippen molar-refractivity contribution < 1.29 is 23.4 Å². The molecule has 5 N–H and O–H groups in total. The lowest BCUT2D eigenvalue weighted by Gasteiger charge is -2.40. The van der Waals surface area contributed by atoms with E-state index in [2.05, 4.69) is 21.4 Å². The van der Waals surface area contributed by atoms with Gasteiger partial charge in [-0.15, -0.1) is 0 Å². The van der Waals surface area contributed by atoms with Crippen molar-refractivity contribution in [2.45, 2.75) is 69.1 Å². The molecule has 2 aromatic rings. The van der Waals surface area contributed by atoms with E-state index in [-0.39, 0.29) is 23.3 Å². The first-order valence-corrected chi connectivity index (χ1v) is 12.0. The molecule has 1 aromatic heterocycles. The highest BCUT2D eigenvalue weighted by Gasteiger charge is 2.39. The predicted molar refractivity (Wildman–Crippen MR) is 123 cm³/mol. The van der Waals surface area contributed by atoms with Crippen molar-refractivity contribution in [1.29, 1.82) is 5.26 Å². The number of hydrogen-bond donors (Lipinski definition) is 4. The third-order valence-electron chi connectivity index (χ3n) is 7.08. The van der Waals surface area contributed by atoms with Gasteiger partial charge < -0.3 is 26.2 Å². The summed E-state index contributed by atoms with van der Waals surface area (Å²) in [5, 5.41) is 36.9. The van der Waals surface area contributed by atoms with Gasteiger partial charge in [-0.2, -0.15) is 23.5 Å². The van der Waals surface area contributed by atoms with Crippen LogP contribution in [0.5, 0.6) is 0 Å². The standard InChI is InChI=1S/C24H31F3N6O2/c25-24(26,27)21(34)15-4-6-17(7-5-15)30-23-19(22(29)35)14-33(31-23)20-9-8-18(12-16(20)13-28)32-10-2-1-3-11-32/h4-7,14,16,18,20-22,34-35H,1-3,8-12,29H2,(H,30,31). The van der Waals surface area contributed by atoms with Gasteiger partial charge in [-0.1, -0.05) is 18.6 Å². The Morgan fingerprint density at radius 1 is 1.11 bits per heavy atom. The number of aromatic nitrogens is 2. The molecule has 0 radical (unpaired) electrons. The maximum atomic E-state index is 12.7. The van der Waals surface area contributed by atoms with Gasteiger partial charge in [0, 0.05) is 17.9 Å². The molecule has 4 rings (SSSR count). The fraction of sp³-hybridized carbons (Fsp3) is 0.583. The first-order chi connectivity index (χ1) is 16.7. The molecule has 2 heterocycles. The molecule has 190 valence electrons. The first-order valence-electron chi connectivity index (χ1n) is 12.0. The van der Waals surface area contributed by atoms with E-state index in [4.69, 9.17) is 5.73 Å². The molecule has 5 unspecified atom stereocenters. The molecule has 8 nitrogen and oxygen atoms in total. The lowest BCUT2D eigenvalue weighted by atomic mass is 9.81. The number of halogens is 3. The van der Waals surface area contributed by atoms with Gasteiger partial charge >= 0.3 is 6.18 Å². The Balaban J connectivity index is 1.50. The lowest BCUT2D eigenvalue weighted by molar-refractivity contribution is -0.206. The number of nitrogens with zero attached hydrogens (tertiary/aromatic N) is 4. The van der Waals surface area contributed by atoms with E-state index < -0.39 is 18.5 Å². The van der Waals surface area contributed by atoms with Crippen LogP contribution in [0.2, 0.25) is 0 Å². The van der Waals surface area contributed by atoms with Crippen LogP contribution < -0.4 is 11.1 Å². The van der Waals surface area contributed by atoms with E-state index in [9.17, 15) is 28.6 Å². The zero-order chi connectivity index (χ0) is 25.2. The average molecular weight is 493 g/mol. The van der Waals surface area contributed by atoms with Gasteiger partial charge in [-0.05, 0) is 62.9 Å². The minimum atomic E-state index is -4.76. The van der Waals surface area contributed by atoms with Crippen molar-refractivity contribution in [2.24, 2.45) is 11.7 Å². The highest BCUT2D eigenvalue weighted by molar-refractivity contribution is 5.60. The van der Waals surface area contributed by atoms with Crippen molar-refractivity contribution >= 4 is 11.5 Å². The quantitative estimate of drug-likeness (QED) is 0.451. The van der Waals surface area contributed by atoms with Crippen LogP contribution in [0.3, 0.4) is 0 Å². The van der Waals surface area contributed by atoms with Crippen LogP contribution in [0.4, 0.5) is 24.7 Å². The number of aliphatic hydroxyl groups is 2. The molecule has 2 aliphatic rings. The first kappa shape index (κ1) is 25.4. The predicted octanol–water partition coefficient (Wildman–Crippen LogP) is 3.89. The molecule has 11 heteroatoms. The van der Waals surface area contributed by atoms with E-state index in [1.54, 1.807) is 10.9 Å². The number of likely N-dealkylation sites (tertiary alicyclic amines) is 1. The van der Waals surface area contributed by atoms with Gasteiger partial charge in [0.2, 0.25) is 0 Å². The maximum absolute atomic E-state index is 12.7. The number of alkyl halides is 3. The molecular formula is C24H31F3N6O2. The number of benzene rings is 1. The zero-order valence-corrected chi connectivity index (χ0v) is 19.3. The summed E-state index contributed by atoms with van der Waals surface area (Å²) in [6.45, 7) is 2.15. The second-order valence-corrected chi connectivity index (χ2v) is 9.42. The van der Waals surface area contributed by atoms with E-state index in [1.807, 2.05) is 0 Å². The van der Waals surface area contributed by atoms with E-state index >= 15 is 0 Å². The summed E-state index contributed by atoms with van der Waals surface area (Å²) in [5.74, 6) is 0.0216. The number of anilines is 2. The number of hydrogen-bond acceptors (Lipinski definition) is 7. The highest BCUT2D eigenvalue weighted by Crippen LogP contribution is 2.38. The van der Waals surface area contributed by atoms with Gasteiger partial charge in [-0.25, -0.2) is 0 Å². The number of piperidine rings is 1. The van der Waals surface area contributed by atoms with Gasteiger partial charge in [0.15, 0.2) is 11.9 Å². The molecule has 1 aliphatic heterocycles. The van der Waals surface area contributed by atoms with Gasteiger partial charge in [0.25, 0.3) is 0 Å². The third kappa shape index (κ3) is 5.78. The van der Waals surface area contributed by atoms with Crippen LogP contribution in [0.1, 0.15) is 68.0 Å². The van der Waals surface area contributed by atoms with E-state index in [1.165, 1.54) is 43.5 Å². The van der Waals surface area contributed by atoms with Crippen LogP contribution in [0, 0.1) is 17.2 Å². The number of nitrogens with two attached hydrogens (primary N) is 1. The maximum Gasteiger partial charge on any atom is 0.418 e. The zero-order valence-electron chi connectivity index (χ0n) is 19.3. The second kappa shape index (κ2) is 10.5. The smallest absolute Gasteiger partial charge is 0.379 e. The molecule has 0 bridgehead atoms. The summed E-state index contributed by atoms with van der Waals surface area (Å²) in [6.07, 6.45) is -0.902. The van der Waals surface area contributed by atoms with Crippen LogP contribution >= 0.6 is 0 Å². The van der Waals surface area contributed by atoms with Gasteiger partial charge in [-0.3, -0.25) is 4.68 Å². The molecule has 0 amide bonds. The van der Waals surface area contributed by atoms with E-state index in [0.29, 0.717) is 17.3 Å². The van der Waals surface area contributed by atoms with Crippen molar-refractivity contribution in [3.8, 4) is 6.07 Å². The summed E-state index contributed by atoms with van der Waals surface area (Å²) in [7, 11) is 0. The monoisotopic (exact) mass is 492 g/mol. The van der Waals surface area contributed by atoms with Crippen molar-refractivity contribution in [2.75, 3.05) is 18.4 Å². The Kier molecular flexibility index (Phi) is 7.66. The summed E-state index contributed by atoms with van der Waals surface area (Å²) in [6, 6.07) is 7.77. The van der Waals surface area contributed by atoms with Crippen LogP contribution in [0.25, 0.3) is 0 Å². The lowest BCUT2D eigenvalue weighted by Crippen LogP contribution is -2.44. The fourth-order valence-electron chi connectivity index (χ4n) is 5.17. The topological polar surface area (TPSA) is 123 Å². The normalized spacial score (nSPS) is 25.6. The molecule has 1 saturated carbocycles. The molecule has 0 spiro atoms. The minimum absolute atomic E-state index is 0.168. The second-order valence-electron chi connectivity index (χ2n) is 9.42. The van der Waals surface area contributed by atoms with Gasteiger partial charge in [0.05, 0.1) is 23.6 Å². The Bertz CT molecular complexity index is 1030.